The fraction of sp³-hybridized carbons (Fsp3) is 0.316. The van der Waals surface area contributed by atoms with Crippen LogP contribution in [-0.2, 0) is 16.7 Å². The van der Waals surface area contributed by atoms with E-state index in [2.05, 4.69) is 0 Å². The molecular weight excluding hydrogens is 357 g/mol. The number of benzene rings is 2. The molecule has 0 saturated carbocycles. The van der Waals surface area contributed by atoms with E-state index in [0.717, 1.165) is 24.7 Å². The molecule has 0 aliphatic carbocycles. The highest BCUT2D eigenvalue weighted by Crippen LogP contribution is 2.17. The van der Waals surface area contributed by atoms with E-state index in [1.807, 2.05) is 6.92 Å². The molecule has 5 nitrogen and oxygen atoms in total. The third-order valence-electron chi connectivity index (χ3n) is 3.70. The van der Waals surface area contributed by atoms with Crippen LogP contribution in [0.4, 0.5) is 4.39 Å². The lowest BCUT2D eigenvalue weighted by atomic mass is 10.1. The molecule has 0 atom stereocenters. The first kappa shape index (κ1) is 19.9. The summed E-state index contributed by atoms with van der Waals surface area (Å²) < 4.78 is 40.2. The van der Waals surface area contributed by atoms with Crippen LogP contribution in [0.15, 0.2) is 48.5 Å². The molecule has 0 fully saturated rings. The molecule has 0 saturated heterocycles. The van der Waals surface area contributed by atoms with E-state index in [9.17, 15) is 17.6 Å². The minimum atomic E-state index is -3.57. The molecular formula is C19H22FNO4S. The number of hydrogen-bond acceptors (Lipinski definition) is 4. The molecule has 0 aromatic heterocycles. The molecule has 0 heterocycles. The Balaban J connectivity index is 2.14. The zero-order valence-corrected chi connectivity index (χ0v) is 15.6. The van der Waals surface area contributed by atoms with Crippen LogP contribution in [0, 0.1) is 5.82 Å². The predicted octanol–water partition coefficient (Wildman–Crippen LogP) is 3.61. The Morgan fingerprint density at radius 3 is 2.23 bits per heavy atom. The maximum Gasteiger partial charge on any atom is 0.306 e. The predicted molar refractivity (Wildman–Crippen MR) is 98.0 cm³/mol. The van der Waals surface area contributed by atoms with Crippen molar-refractivity contribution in [3.63, 3.8) is 0 Å². The topological polar surface area (TPSA) is 63.7 Å². The Kier molecular flexibility index (Phi) is 6.74. The van der Waals surface area contributed by atoms with E-state index in [1.54, 1.807) is 29.2 Å². The molecule has 2 aromatic carbocycles. The van der Waals surface area contributed by atoms with Crippen LogP contribution in [0.3, 0.4) is 0 Å². The van der Waals surface area contributed by atoms with Gasteiger partial charge >= 0.3 is 10.1 Å². The van der Waals surface area contributed by atoms with Gasteiger partial charge in [-0.15, -0.1) is 0 Å². The van der Waals surface area contributed by atoms with Gasteiger partial charge in [0, 0.05) is 18.7 Å². The van der Waals surface area contributed by atoms with Crippen LogP contribution in [-0.4, -0.2) is 32.0 Å². The lowest BCUT2D eigenvalue weighted by Crippen LogP contribution is -2.31. The van der Waals surface area contributed by atoms with Crippen molar-refractivity contribution < 1.29 is 21.8 Å². The normalized spacial score (nSPS) is 11.2. The van der Waals surface area contributed by atoms with Crippen molar-refractivity contribution in [3.05, 3.63) is 65.5 Å². The summed E-state index contributed by atoms with van der Waals surface area (Å²) in [4.78, 5) is 14.4. The maximum atomic E-state index is 13.1. The minimum absolute atomic E-state index is 0.171. The van der Waals surface area contributed by atoms with Crippen LogP contribution >= 0.6 is 0 Å². The van der Waals surface area contributed by atoms with Crippen molar-refractivity contribution in [1.29, 1.82) is 0 Å². The Hall–Kier alpha value is -2.41. The summed E-state index contributed by atoms with van der Waals surface area (Å²) in [5, 5.41) is 0. The lowest BCUT2D eigenvalue weighted by Gasteiger charge is -2.23. The Morgan fingerprint density at radius 2 is 1.69 bits per heavy atom. The maximum absolute atomic E-state index is 13.1. The smallest absolute Gasteiger partial charge is 0.306 e. The zero-order valence-electron chi connectivity index (χ0n) is 14.8. The largest absolute Gasteiger partial charge is 0.383 e. The number of amides is 1. The van der Waals surface area contributed by atoms with Gasteiger partial charge < -0.3 is 9.08 Å². The molecule has 0 radical (unpaired) electrons. The van der Waals surface area contributed by atoms with Crippen LogP contribution in [0.25, 0.3) is 0 Å². The van der Waals surface area contributed by atoms with E-state index in [-0.39, 0.29) is 17.5 Å². The van der Waals surface area contributed by atoms with Crippen molar-refractivity contribution in [2.24, 2.45) is 0 Å². The third kappa shape index (κ3) is 6.15. The molecule has 0 N–H and O–H groups in total. The van der Waals surface area contributed by atoms with Crippen molar-refractivity contribution >= 4 is 16.0 Å². The van der Waals surface area contributed by atoms with Crippen molar-refractivity contribution in [1.82, 2.24) is 4.90 Å². The summed E-state index contributed by atoms with van der Waals surface area (Å²) in [6.45, 7) is 2.99. The summed E-state index contributed by atoms with van der Waals surface area (Å²) in [6, 6.07) is 12.0. The van der Waals surface area contributed by atoms with Gasteiger partial charge in [0.25, 0.3) is 5.91 Å². The number of halogens is 1. The fourth-order valence-electron chi connectivity index (χ4n) is 2.42. The fourth-order valence-corrected chi connectivity index (χ4v) is 2.88. The highest BCUT2D eigenvalue weighted by atomic mass is 32.2. The van der Waals surface area contributed by atoms with Gasteiger partial charge in [0.2, 0.25) is 0 Å². The number of rotatable bonds is 8. The van der Waals surface area contributed by atoms with Gasteiger partial charge in [-0.3, -0.25) is 4.79 Å². The Labute approximate surface area is 153 Å². The highest BCUT2D eigenvalue weighted by molar-refractivity contribution is 7.86. The first-order chi connectivity index (χ1) is 12.3. The molecule has 2 rings (SSSR count). The average molecular weight is 379 g/mol. The SMILES string of the molecule is CCCCN(Cc1ccc(OS(C)(=O)=O)cc1)C(=O)c1ccc(F)cc1. The monoisotopic (exact) mass is 379 g/mol. The van der Waals surface area contributed by atoms with Crippen molar-refractivity contribution in [3.8, 4) is 5.75 Å². The molecule has 0 aliphatic heterocycles. The second-order valence-electron chi connectivity index (χ2n) is 6.02. The van der Waals surface area contributed by atoms with Gasteiger partial charge in [0.1, 0.15) is 11.6 Å². The van der Waals surface area contributed by atoms with Gasteiger partial charge in [0.05, 0.1) is 6.26 Å². The van der Waals surface area contributed by atoms with Crippen LogP contribution in [0.2, 0.25) is 0 Å². The van der Waals surface area contributed by atoms with Gasteiger partial charge in [-0.05, 0) is 48.4 Å². The molecule has 0 aliphatic rings. The number of hydrogen-bond donors (Lipinski definition) is 0. The van der Waals surface area contributed by atoms with Crippen LogP contribution in [0.1, 0.15) is 35.7 Å². The Morgan fingerprint density at radius 1 is 1.08 bits per heavy atom. The summed E-state index contributed by atoms with van der Waals surface area (Å²) in [6.07, 6.45) is 2.77. The summed E-state index contributed by atoms with van der Waals surface area (Å²) in [7, 11) is -3.57. The van der Waals surface area contributed by atoms with Gasteiger partial charge in [-0.1, -0.05) is 25.5 Å². The first-order valence-electron chi connectivity index (χ1n) is 8.31. The second-order valence-corrected chi connectivity index (χ2v) is 7.59. The van der Waals surface area contributed by atoms with E-state index in [4.69, 9.17) is 4.18 Å². The third-order valence-corrected chi connectivity index (χ3v) is 4.20. The van der Waals surface area contributed by atoms with Gasteiger partial charge in [0.15, 0.2) is 0 Å². The molecule has 26 heavy (non-hydrogen) atoms. The molecule has 140 valence electrons. The minimum Gasteiger partial charge on any atom is -0.383 e. The van der Waals surface area contributed by atoms with E-state index >= 15 is 0 Å². The highest BCUT2D eigenvalue weighted by Gasteiger charge is 2.16. The quantitative estimate of drug-likeness (QED) is 0.658. The first-order valence-corrected chi connectivity index (χ1v) is 10.1. The number of carbonyl (C=O) groups excluding carboxylic acids is 1. The molecule has 1 amide bonds. The number of nitrogens with zero attached hydrogens (tertiary/aromatic N) is 1. The van der Waals surface area contributed by atoms with E-state index in [0.29, 0.717) is 18.7 Å². The van der Waals surface area contributed by atoms with Gasteiger partial charge in [-0.2, -0.15) is 8.42 Å². The zero-order chi connectivity index (χ0) is 19.2. The average Bonchev–Trinajstić information content (AvgIpc) is 2.59. The molecule has 0 bridgehead atoms. The van der Waals surface area contributed by atoms with Crippen LogP contribution < -0.4 is 4.18 Å². The van der Waals surface area contributed by atoms with Gasteiger partial charge in [-0.25, -0.2) is 4.39 Å². The molecule has 7 heteroatoms. The summed E-state index contributed by atoms with van der Waals surface area (Å²) >= 11 is 0. The molecule has 0 unspecified atom stereocenters. The summed E-state index contributed by atoms with van der Waals surface area (Å²) in [5.74, 6) is -0.334. The summed E-state index contributed by atoms with van der Waals surface area (Å²) in [5.41, 5.74) is 1.27. The number of unbranched alkanes of at least 4 members (excludes halogenated alkanes) is 1. The standard InChI is InChI=1S/C19H22FNO4S/c1-3-4-13-21(19(22)16-7-9-17(20)10-8-16)14-15-5-11-18(12-6-15)25-26(2,23)24/h5-12H,3-4,13-14H2,1-2H3. The van der Waals surface area contributed by atoms with E-state index < -0.39 is 10.1 Å². The van der Waals surface area contributed by atoms with Crippen molar-refractivity contribution in [2.45, 2.75) is 26.3 Å². The molecule has 0 spiro atoms. The van der Waals surface area contributed by atoms with E-state index in [1.165, 1.54) is 24.3 Å². The van der Waals surface area contributed by atoms with Crippen LogP contribution in [0.5, 0.6) is 5.75 Å². The second kappa shape index (κ2) is 8.80. The molecule has 2 aromatic rings. The number of carbonyl (C=O) groups is 1. The Bertz CT molecular complexity index is 833. The van der Waals surface area contributed by atoms with Crippen molar-refractivity contribution in [2.75, 3.05) is 12.8 Å². The lowest BCUT2D eigenvalue weighted by molar-refractivity contribution is 0.0740.